The zero-order chi connectivity index (χ0) is 14.4. The van der Waals surface area contributed by atoms with Crippen LogP contribution in [-0.2, 0) is 11.3 Å². The van der Waals surface area contributed by atoms with Crippen LogP contribution in [0.1, 0.15) is 19.3 Å². The Labute approximate surface area is 117 Å². The van der Waals surface area contributed by atoms with Crippen LogP contribution in [0.4, 0.5) is 4.79 Å². The quantitative estimate of drug-likeness (QED) is 0.780. The number of amides is 2. The van der Waals surface area contributed by atoms with Gasteiger partial charge in [0.1, 0.15) is 0 Å². The summed E-state index contributed by atoms with van der Waals surface area (Å²) >= 11 is 0. The Morgan fingerprint density at radius 1 is 1.35 bits per heavy atom. The van der Waals surface area contributed by atoms with Gasteiger partial charge in [-0.3, -0.25) is 9.48 Å². The van der Waals surface area contributed by atoms with E-state index in [0.29, 0.717) is 32.5 Å². The maximum Gasteiger partial charge on any atom is 0.317 e. The standard InChI is InChI=1S/C13H20N4O3/c18-12(19)11-3-9-16(10-4-11)13(20)14-5-1-7-17-8-2-6-15-17/h2,6,8,11H,1,3-5,7,9-10H2,(H,14,20)(H,18,19). The zero-order valence-corrected chi connectivity index (χ0v) is 11.4. The molecule has 0 aromatic carbocycles. The Hall–Kier alpha value is -2.05. The summed E-state index contributed by atoms with van der Waals surface area (Å²) in [5.74, 6) is -1.07. The molecule has 0 radical (unpaired) electrons. The monoisotopic (exact) mass is 280 g/mol. The van der Waals surface area contributed by atoms with E-state index in [1.54, 1.807) is 11.1 Å². The Morgan fingerprint density at radius 3 is 2.70 bits per heavy atom. The average molecular weight is 280 g/mol. The van der Waals surface area contributed by atoms with Crippen molar-refractivity contribution in [3.63, 3.8) is 0 Å². The molecule has 0 aliphatic carbocycles. The molecule has 7 nitrogen and oxygen atoms in total. The number of aryl methyl sites for hydroxylation is 1. The number of aliphatic carboxylic acids is 1. The highest BCUT2D eigenvalue weighted by molar-refractivity contribution is 5.75. The Bertz CT molecular complexity index is 438. The molecule has 1 aromatic rings. The van der Waals surface area contributed by atoms with E-state index in [0.717, 1.165) is 13.0 Å². The first-order valence-electron chi connectivity index (χ1n) is 6.90. The number of carbonyl (C=O) groups is 2. The molecule has 1 aliphatic rings. The second-order valence-corrected chi connectivity index (χ2v) is 4.95. The summed E-state index contributed by atoms with van der Waals surface area (Å²) in [6.45, 7) is 2.40. The van der Waals surface area contributed by atoms with E-state index >= 15 is 0 Å². The van der Waals surface area contributed by atoms with Crippen LogP contribution in [-0.4, -0.2) is 51.4 Å². The molecule has 2 amide bonds. The number of rotatable bonds is 5. The Kier molecular flexibility index (Phi) is 4.97. The van der Waals surface area contributed by atoms with E-state index in [1.165, 1.54) is 0 Å². The molecule has 0 unspecified atom stereocenters. The highest BCUT2D eigenvalue weighted by Gasteiger charge is 2.26. The van der Waals surface area contributed by atoms with Crippen molar-refractivity contribution >= 4 is 12.0 Å². The summed E-state index contributed by atoms with van der Waals surface area (Å²) in [7, 11) is 0. The summed E-state index contributed by atoms with van der Waals surface area (Å²) in [6.07, 6.45) is 5.51. The van der Waals surface area contributed by atoms with Crippen molar-refractivity contribution in [3.05, 3.63) is 18.5 Å². The lowest BCUT2D eigenvalue weighted by atomic mass is 9.97. The van der Waals surface area contributed by atoms with E-state index in [2.05, 4.69) is 10.4 Å². The van der Waals surface area contributed by atoms with Gasteiger partial charge in [-0.25, -0.2) is 4.79 Å². The lowest BCUT2D eigenvalue weighted by molar-refractivity contribution is -0.143. The number of hydrogen-bond donors (Lipinski definition) is 2. The molecule has 0 spiro atoms. The summed E-state index contributed by atoms with van der Waals surface area (Å²) in [6, 6.07) is 1.76. The Balaban J connectivity index is 1.62. The minimum atomic E-state index is -0.760. The third-order valence-electron chi connectivity index (χ3n) is 3.53. The molecule has 7 heteroatoms. The molecule has 0 bridgehead atoms. The van der Waals surface area contributed by atoms with Crippen LogP contribution in [0.5, 0.6) is 0 Å². The van der Waals surface area contributed by atoms with Crippen molar-refractivity contribution in [2.45, 2.75) is 25.8 Å². The molecule has 20 heavy (non-hydrogen) atoms. The number of carbonyl (C=O) groups excluding carboxylic acids is 1. The predicted octanol–water partition coefficient (Wildman–Crippen LogP) is 0.779. The molecule has 1 aliphatic heterocycles. The molecule has 0 saturated carbocycles. The first kappa shape index (κ1) is 14.4. The number of likely N-dealkylation sites (tertiary alicyclic amines) is 1. The van der Waals surface area contributed by atoms with Crippen LogP contribution in [0.15, 0.2) is 18.5 Å². The van der Waals surface area contributed by atoms with Crippen molar-refractivity contribution in [3.8, 4) is 0 Å². The summed E-state index contributed by atoms with van der Waals surface area (Å²) in [5.41, 5.74) is 0. The number of aromatic nitrogens is 2. The van der Waals surface area contributed by atoms with Crippen LogP contribution in [0.2, 0.25) is 0 Å². The molecule has 2 rings (SSSR count). The number of hydrogen-bond acceptors (Lipinski definition) is 3. The minimum Gasteiger partial charge on any atom is -0.481 e. The van der Waals surface area contributed by atoms with Gasteiger partial charge in [0, 0.05) is 38.6 Å². The zero-order valence-electron chi connectivity index (χ0n) is 11.4. The lowest BCUT2D eigenvalue weighted by Gasteiger charge is -2.30. The molecule has 110 valence electrons. The second-order valence-electron chi connectivity index (χ2n) is 4.95. The van der Waals surface area contributed by atoms with Gasteiger partial charge in [0.2, 0.25) is 0 Å². The van der Waals surface area contributed by atoms with E-state index in [4.69, 9.17) is 5.11 Å². The topological polar surface area (TPSA) is 87.5 Å². The van der Waals surface area contributed by atoms with Crippen LogP contribution >= 0.6 is 0 Å². The molecule has 2 N–H and O–H groups in total. The molecule has 2 heterocycles. The van der Waals surface area contributed by atoms with Gasteiger partial charge in [-0.05, 0) is 25.3 Å². The van der Waals surface area contributed by atoms with Gasteiger partial charge in [0.05, 0.1) is 5.92 Å². The SMILES string of the molecule is O=C(O)C1CCN(C(=O)NCCCn2cccn2)CC1. The third kappa shape index (κ3) is 3.97. The molecular formula is C13H20N4O3. The summed E-state index contributed by atoms with van der Waals surface area (Å²) < 4.78 is 1.82. The van der Waals surface area contributed by atoms with Gasteiger partial charge in [-0.15, -0.1) is 0 Å². The first-order chi connectivity index (χ1) is 9.66. The fourth-order valence-corrected chi connectivity index (χ4v) is 2.31. The van der Waals surface area contributed by atoms with Crippen LogP contribution < -0.4 is 5.32 Å². The van der Waals surface area contributed by atoms with Crippen molar-refractivity contribution in [1.82, 2.24) is 20.0 Å². The van der Waals surface area contributed by atoms with Crippen LogP contribution in [0, 0.1) is 5.92 Å². The van der Waals surface area contributed by atoms with Crippen molar-refractivity contribution in [1.29, 1.82) is 0 Å². The summed E-state index contributed by atoms with van der Waals surface area (Å²) in [4.78, 5) is 24.4. The van der Waals surface area contributed by atoms with E-state index < -0.39 is 5.97 Å². The highest BCUT2D eigenvalue weighted by Crippen LogP contribution is 2.17. The smallest absolute Gasteiger partial charge is 0.317 e. The molecule has 1 aromatic heterocycles. The molecule has 1 fully saturated rings. The van der Waals surface area contributed by atoms with Gasteiger partial charge in [-0.2, -0.15) is 5.10 Å². The fraction of sp³-hybridized carbons (Fsp3) is 0.615. The molecule has 1 saturated heterocycles. The third-order valence-corrected chi connectivity index (χ3v) is 3.53. The van der Waals surface area contributed by atoms with Gasteiger partial charge in [0.15, 0.2) is 0 Å². The van der Waals surface area contributed by atoms with E-state index in [9.17, 15) is 9.59 Å². The van der Waals surface area contributed by atoms with Gasteiger partial charge in [-0.1, -0.05) is 0 Å². The van der Waals surface area contributed by atoms with Crippen LogP contribution in [0.25, 0.3) is 0 Å². The number of carboxylic acid groups (broad SMARTS) is 1. The van der Waals surface area contributed by atoms with Crippen molar-refractivity contribution in [2.75, 3.05) is 19.6 Å². The largest absolute Gasteiger partial charge is 0.481 e. The van der Waals surface area contributed by atoms with Gasteiger partial charge >= 0.3 is 12.0 Å². The number of piperidine rings is 1. The maximum absolute atomic E-state index is 11.9. The van der Waals surface area contributed by atoms with Gasteiger partial charge in [0.25, 0.3) is 0 Å². The van der Waals surface area contributed by atoms with E-state index in [-0.39, 0.29) is 11.9 Å². The first-order valence-corrected chi connectivity index (χ1v) is 6.90. The minimum absolute atomic E-state index is 0.102. The molecule has 0 atom stereocenters. The van der Waals surface area contributed by atoms with Gasteiger partial charge < -0.3 is 15.3 Å². The number of nitrogens with one attached hydrogen (secondary N) is 1. The second kappa shape index (κ2) is 6.93. The normalized spacial score (nSPS) is 16.1. The van der Waals surface area contributed by atoms with Crippen molar-refractivity contribution in [2.24, 2.45) is 5.92 Å². The predicted molar refractivity (Wildman–Crippen MR) is 72.2 cm³/mol. The fourth-order valence-electron chi connectivity index (χ4n) is 2.31. The van der Waals surface area contributed by atoms with E-state index in [1.807, 2.05) is 16.9 Å². The number of carboxylic acids is 1. The number of nitrogens with zero attached hydrogens (tertiary/aromatic N) is 3. The maximum atomic E-state index is 11.9. The lowest BCUT2D eigenvalue weighted by Crippen LogP contribution is -2.45. The molecular weight excluding hydrogens is 260 g/mol. The summed E-state index contributed by atoms with van der Waals surface area (Å²) in [5, 5.41) is 15.8. The van der Waals surface area contributed by atoms with Crippen LogP contribution in [0.3, 0.4) is 0 Å². The highest BCUT2D eigenvalue weighted by atomic mass is 16.4. The number of urea groups is 1. The average Bonchev–Trinajstić information content (AvgIpc) is 2.96. The Morgan fingerprint density at radius 2 is 2.10 bits per heavy atom. The van der Waals surface area contributed by atoms with Crippen molar-refractivity contribution < 1.29 is 14.7 Å².